The number of rotatable bonds is 4. The lowest BCUT2D eigenvalue weighted by Gasteiger charge is -2.30. The Labute approximate surface area is 146 Å². The van der Waals surface area contributed by atoms with Crippen LogP contribution in [0.3, 0.4) is 0 Å². The standard InChI is InChI=1S/C18H23N3O4/c1-11(13-6-8-19-9-7-13)20-12(2)17(18(22)25-3)15-10-14(21(23)24)4-5-16(15)20/h4-5,10-11,13,19H,6-9H2,1-3H3. The van der Waals surface area contributed by atoms with Crippen LogP contribution in [0, 0.1) is 23.0 Å². The summed E-state index contributed by atoms with van der Waals surface area (Å²) < 4.78 is 7.07. The molecule has 0 radical (unpaired) electrons. The smallest absolute Gasteiger partial charge is 0.340 e. The Morgan fingerprint density at radius 2 is 2.08 bits per heavy atom. The van der Waals surface area contributed by atoms with E-state index in [4.69, 9.17) is 4.74 Å². The first-order valence-electron chi connectivity index (χ1n) is 8.53. The molecule has 0 saturated carbocycles. The van der Waals surface area contributed by atoms with Gasteiger partial charge in [0.1, 0.15) is 0 Å². The highest BCUT2D eigenvalue weighted by molar-refractivity contribution is 6.06. The van der Waals surface area contributed by atoms with Crippen LogP contribution in [-0.4, -0.2) is 35.7 Å². The number of piperidine rings is 1. The molecule has 1 N–H and O–H groups in total. The van der Waals surface area contributed by atoms with Crippen molar-refractivity contribution in [3.63, 3.8) is 0 Å². The normalized spacial score (nSPS) is 16.8. The number of non-ortho nitro benzene ring substituents is 1. The van der Waals surface area contributed by atoms with Gasteiger partial charge in [-0.15, -0.1) is 0 Å². The van der Waals surface area contributed by atoms with Crippen molar-refractivity contribution in [2.45, 2.75) is 32.7 Å². The molecule has 0 amide bonds. The van der Waals surface area contributed by atoms with E-state index in [1.807, 2.05) is 6.92 Å². The molecule has 0 aliphatic carbocycles. The van der Waals surface area contributed by atoms with Gasteiger partial charge in [0.05, 0.1) is 17.6 Å². The van der Waals surface area contributed by atoms with E-state index in [0.29, 0.717) is 16.9 Å². The number of nitro benzene ring substituents is 1. The first-order chi connectivity index (χ1) is 12.0. The van der Waals surface area contributed by atoms with Crippen molar-refractivity contribution in [3.8, 4) is 0 Å². The van der Waals surface area contributed by atoms with E-state index in [1.54, 1.807) is 6.07 Å². The number of hydrogen-bond donors (Lipinski definition) is 1. The summed E-state index contributed by atoms with van der Waals surface area (Å²) in [5.74, 6) is 0.0375. The summed E-state index contributed by atoms with van der Waals surface area (Å²) in [6.45, 7) is 6.02. The maximum Gasteiger partial charge on any atom is 0.340 e. The summed E-state index contributed by atoms with van der Waals surface area (Å²) >= 11 is 0. The molecule has 7 heteroatoms. The van der Waals surface area contributed by atoms with Gasteiger partial charge in [0.25, 0.3) is 5.69 Å². The minimum Gasteiger partial charge on any atom is -0.465 e. The van der Waals surface area contributed by atoms with Gasteiger partial charge in [-0.25, -0.2) is 4.79 Å². The molecule has 0 bridgehead atoms. The Bertz CT molecular complexity index is 821. The number of nitro groups is 1. The minimum atomic E-state index is -0.459. The summed E-state index contributed by atoms with van der Waals surface area (Å²) in [5, 5.41) is 15.1. The molecule has 1 aromatic carbocycles. The van der Waals surface area contributed by atoms with Crippen LogP contribution in [0.5, 0.6) is 0 Å². The number of aromatic nitrogens is 1. The van der Waals surface area contributed by atoms with Gasteiger partial charge in [-0.05, 0) is 51.8 Å². The van der Waals surface area contributed by atoms with Crippen molar-refractivity contribution >= 4 is 22.6 Å². The van der Waals surface area contributed by atoms with Gasteiger partial charge in [0.15, 0.2) is 0 Å². The maximum atomic E-state index is 12.3. The van der Waals surface area contributed by atoms with Gasteiger partial charge in [0.2, 0.25) is 0 Å². The summed E-state index contributed by atoms with van der Waals surface area (Å²) in [4.78, 5) is 23.0. The SMILES string of the molecule is COC(=O)c1c(C)n(C(C)C2CCNCC2)c2ccc([N+](=O)[O-])cc12. The molecule has 7 nitrogen and oxygen atoms in total. The molecule has 1 fully saturated rings. The van der Waals surface area contributed by atoms with E-state index in [-0.39, 0.29) is 11.7 Å². The average Bonchev–Trinajstić information content (AvgIpc) is 2.92. The molecule has 2 aromatic rings. The van der Waals surface area contributed by atoms with Gasteiger partial charge >= 0.3 is 5.97 Å². The third-order valence-electron chi connectivity index (χ3n) is 5.31. The number of carbonyl (C=O) groups excluding carboxylic acids is 1. The zero-order chi connectivity index (χ0) is 18.1. The fourth-order valence-electron chi connectivity index (χ4n) is 3.97. The predicted molar refractivity (Wildman–Crippen MR) is 95.0 cm³/mol. The van der Waals surface area contributed by atoms with E-state index in [9.17, 15) is 14.9 Å². The predicted octanol–water partition coefficient (Wildman–Crippen LogP) is 3.21. The van der Waals surface area contributed by atoms with Crippen LogP contribution in [0.4, 0.5) is 5.69 Å². The molecule has 2 heterocycles. The number of esters is 1. The first-order valence-corrected chi connectivity index (χ1v) is 8.53. The lowest BCUT2D eigenvalue weighted by Crippen LogP contribution is -2.32. The molecule has 134 valence electrons. The Morgan fingerprint density at radius 3 is 2.68 bits per heavy atom. The van der Waals surface area contributed by atoms with Crippen LogP contribution in [0.1, 0.15) is 41.9 Å². The zero-order valence-corrected chi connectivity index (χ0v) is 14.7. The molecular weight excluding hydrogens is 322 g/mol. The second-order valence-electron chi connectivity index (χ2n) is 6.61. The molecule has 1 atom stereocenters. The van der Waals surface area contributed by atoms with Gasteiger partial charge < -0.3 is 14.6 Å². The van der Waals surface area contributed by atoms with Gasteiger partial charge in [-0.2, -0.15) is 0 Å². The quantitative estimate of drug-likeness (QED) is 0.522. The average molecular weight is 345 g/mol. The molecule has 0 spiro atoms. The van der Waals surface area contributed by atoms with Crippen molar-refractivity contribution in [1.29, 1.82) is 0 Å². The summed E-state index contributed by atoms with van der Waals surface area (Å²) in [7, 11) is 1.33. The van der Waals surface area contributed by atoms with Gasteiger partial charge in [0, 0.05) is 34.8 Å². The van der Waals surface area contributed by atoms with E-state index >= 15 is 0 Å². The Morgan fingerprint density at radius 1 is 1.40 bits per heavy atom. The highest BCUT2D eigenvalue weighted by Crippen LogP contribution is 2.36. The summed E-state index contributed by atoms with van der Waals surface area (Å²) in [5.41, 5.74) is 2.04. The lowest BCUT2D eigenvalue weighted by molar-refractivity contribution is -0.384. The number of fused-ring (bicyclic) bond motifs is 1. The van der Waals surface area contributed by atoms with Crippen LogP contribution in [-0.2, 0) is 4.74 Å². The zero-order valence-electron chi connectivity index (χ0n) is 14.7. The number of nitrogens with one attached hydrogen (secondary N) is 1. The number of benzene rings is 1. The molecule has 1 aliphatic heterocycles. The minimum absolute atomic E-state index is 0.0238. The van der Waals surface area contributed by atoms with Crippen LogP contribution in [0.2, 0.25) is 0 Å². The van der Waals surface area contributed by atoms with E-state index < -0.39 is 10.9 Å². The van der Waals surface area contributed by atoms with Gasteiger partial charge in [-0.1, -0.05) is 0 Å². The molecular formula is C18H23N3O4. The summed E-state index contributed by atoms with van der Waals surface area (Å²) in [6.07, 6.45) is 2.14. The summed E-state index contributed by atoms with van der Waals surface area (Å²) in [6, 6.07) is 4.91. The van der Waals surface area contributed by atoms with E-state index in [1.165, 1.54) is 19.2 Å². The van der Waals surface area contributed by atoms with Crippen LogP contribution in [0.25, 0.3) is 10.9 Å². The van der Waals surface area contributed by atoms with Crippen molar-refractivity contribution in [2.24, 2.45) is 5.92 Å². The molecule has 1 saturated heterocycles. The molecule has 1 unspecified atom stereocenters. The fraction of sp³-hybridized carbons (Fsp3) is 0.500. The topological polar surface area (TPSA) is 86.4 Å². The Kier molecular flexibility index (Phi) is 4.76. The van der Waals surface area contributed by atoms with Crippen molar-refractivity contribution < 1.29 is 14.5 Å². The number of hydrogen-bond acceptors (Lipinski definition) is 5. The van der Waals surface area contributed by atoms with E-state index in [0.717, 1.165) is 37.1 Å². The van der Waals surface area contributed by atoms with Gasteiger partial charge in [-0.3, -0.25) is 10.1 Å². The van der Waals surface area contributed by atoms with Crippen LogP contribution >= 0.6 is 0 Å². The number of ether oxygens (including phenoxy) is 1. The maximum absolute atomic E-state index is 12.3. The van der Waals surface area contributed by atoms with Crippen molar-refractivity contribution in [3.05, 3.63) is 39.6 Å². The first kappa shape index (κ1) is 17.4. The highest BCUT2D eigenvalue weighted by atomic mass is 16.6. The van der Waals surface area contributed by atoms with Crippen molar-refractivity contribution in [2.75, 3.05) is 20.2 Å². The number of methoxy groups -OCH3 is 1. The Hall–Kier alpha value is -2.41. The molecule has 25 heavy (non-hydrogen) atoms. The largest absolute Gasteiger partial charge is 0.465 e. The highest BCUT2D eigenvalue weighted by Gasteiger charge is 2.28. The van der Waals surface area contributed by atoms with Crippen LogP contribution < -0.4 is 5.32 Å². The number of nitrogens with zero attached hydrogens (tertiary/aromatic N) is 2. The third kappa shape index (κ3) is 3.00. The molecule has 1 aromatic heterocycles. The Balaban J connectivity index is 2.19. The fourth-order valence-corrected chi connectivity index (χ4v) is 3.97. The third-order valence-corrected chi connectivity index (χ3v) is 5.31. The molecule has 3 rings (SSSR count). The van der Waals surface area contributed by atoms with E-state index in [2.05, 4.69) is 16.8 Å². The second kappa shape index (κ2) is 6.84. The number of carbonyl (C=O) groups is 1. The molecule has 1 aliphatic rings. The van der Waals surface area contributed by atoms with Crippen molar-refractivity contribution in [1.82, 2.24) is 9.88 Å². The monoisotopic (exact) mass is 345 g/mol. The lowest BCUT2D eigenvalue weighted by atomic mass is 9.91. The van der Waals surface area contributed by atoms with Crippen LogP contribution in [0.15, 0.2) is 18.2 Å². The second-order valence-corrected chi connectivity index (χ2v) is 6.61.